The molecule has 0 fully saturated rings. The van der Waals surface area contributed by atoms with Crippen molar-refractivity contribution < 1.29 is 0 Å². The van der Waals surface area contributed by atoms with Crippen LogP contribution in [0.15, 0.2) is 222 Å². The van der Waals surface area contributed by atoms with Crippen LogP contribution >= 0.6 is 11.8 Å². The Kier molecular flexibility index (Phi) is 11.5. The molecule has 0 N–H and O–H groups in total. The lowest BCUT2D eigenvalue weighted by atomic mass is 9.94. The van der Waals surface area contributed by atoms with Crippen LogP contribution in [0, 0.1) is 13.8 Å². The third-order valence-electron chi connectivity index (χ3n) is 12.3. The quantitative estimate of drug-likeness (QED) is 0.128. The summed E-state index contributed by atoms with van der Waals surface area (Å²) in [6.07, 6.45) is 15.7. The maximum Gasteiger partial charge on any atom is 0.0499 e. The van der Waals surface area contributed by atoms with E-state index in [1.807, 2.05) is 11.8 Å². The van der Waals surface area contributed by atoms with Crippen LogP contribution in [-0.4, -0.2) is 0 Å². The maximum atomic E-state index is 2.45. The monoisotopic (exact) mass is 830 g/mol. The number of rotatable bonds is 11. The van der Waals surface area contributed by atoms with E-state index >= 15 is 0 Å². The first-order valence-electron chi connectivity index (χ1n) is 22.1. The number of hydrogen-bond acceptors (Lipinski definition) is 3. The van der Waals surface area contributed by atoms with Crippen LogP contribution in [-0.2, 0) is 6.42 Å². The Morgan fingerprint density at radius 2 is 0.937 bits per heavy atom. The second-order valence-electron chi connectivity index (χ2n) is 16.5. The van der Waals surface area contributed by atoms with Crippen molar-refractivity contribution in [3.63, 3.8) is 0 Å². The van der Waals surface area contributed by atoms with Gasteiger partial charge in [0.15, 0.2) is 0 Å². The van der Waals surface area contributed by atoms with Crippen molar-refractivity contribution in [3.8, 4) is 22.3 Å². The van der Waals surface area contributed by atoms with E-state index in [0.717, 1.165) is 48.4 Å². The van der Waals surface area contributed by atoms with Crippen molar-refractivity contribution in [1.29, 1.82) is 0 Å². The minimum Gasteiger partial charge on any atom is -0.311 e. The lowest BCUT2D eigenvalue weighted by Crippen LogP contribution is -2.14. The summed E-state index contributed by atoms with van der Waals surface area (Å²) in [5, 5.41) is 0. The highest BCUT2D eigenvalue weighted by Crippen LogP contribution is 2.43. The summed E-state index contributed by atoms with van der Waals surface area (Å²) >= 11 is 1.85. The van der Waals surface area contributed by atoms with Gasteiger partial charge in [-0.15, -0.1) is 0 Å². The summed E-state index contributed by atoms with van der Waals surface area (Å²) in [5.41, 5.74) is 19.5. The lowest BCUT2D eigenvalue weighted by molar-refractivity contribution is 0.979. The molecule has 8 aromatic carbocycles. The van der Waals surface area contributed by atoms with E-state index in [0.29, 0.717) is 0 Å². The van der Waals surface area contributed by atoms with E-state index in [1.165, 1.54) is 76.8 Å². The summed E-state index contributed by atoms with van der Waals surface area (Å²) in [5.74, 6) is 0. The average Bonchev–Trinajstić information content (AvgIpc) is 3.35. The van der Waals surface area contributed by atoms with Crippen molar-refractivity contribution in [2.45, 2.75) is 49.3 Å². The molecule has 3 heteroatoms. The van der Waals surface area contributed by atoms with Crippen LogP contribution in [0.5, 0.6) is 0 Å². The van der Waals surface area contributed by atoms with Crippen molar-refractivity contribution in [1.82, 2.24) is 0 Å². The Morgan fingerprint density at radius 3 is 1.54 bits per heavy atom. The fourth-order valence-electron chi connectivity index (χ4n) is 8.89. The standard InChI is InChI=1S/C60H50N2S/c1-43-14-9-12-23-59(43)63-60-41-40-56(42-44(60)2)62(58-22-13-20-51-19-10-11-21-57(51)58)55-38-30-50(31-39-55)49-28-36-54(37-29-49)61(52-32-24-47(25-33-52)45-15-5-3-6-16-45)53-34-26-48(27-35-53)46-17-7-4-8-18-46/h3,5-7,9-10,12-20,22-42H,4,8,11,21H2,1-2H3. The molecule has 0 heterocycles. The van der Waals surface area contributed by atoms with Gasteiger partial charge in [0.2, 0.25) is 0 Å². The summed E-state index contributed by atoms with van der Waals surface area (Å²) < 4.78 is 0. The zero-order valence-corrected chi connectivity index (χ0v) is 36.7. The van der Waals surface area contributed by atoms with Crippen LogP contribution in [0.4, 0.5) is 34.1 Å². The molecule has 0 radical (unpaired) electrons. The van der Waals surface area contributed by atoms with Crippen LogP contribution in [0.2, 0.25) is 0 Å². The van der Waals surface area contributed by atoms with E-state index < -0.39 is 0 Å². The van der Waals surface area contributed by atoms with Gasteiger partial charge in [0, 0.05) is 43.9 Å². The topological polar surface area (TPSA) is 6.48 Å². The van der Waals surface area contributed by atoms with Gasteiger partial charge in [-0.2, -0.15) is 0 Å². The highest BCUT2D eigenvalue weighted by atomic mass is 32.2. The van der Waals surface area contributed by atoms with Gasteiger partial charge >= 0.3 is 0 Å². The molecule has 0 amide bonds. The molecule has 0 saturated heterocycles. The molecular weight excluding hydrogens is 781 g/mol. The van der Waals surface area contributed by atoms with E-state index in [1.54, 1.807) is 0 Å². The smallest absolute Gasteiger partial charge is 0.0499 e. The number of benzene rings is 8. The van der Waals surface area contributed by atoms with Gasteiger partial charge < -0.3 is 9.80 Å². The van der Waals surface area contributed by atoms with E-state index in [-0.39, 0.29) is 0 Å². The molecule has 0 bridgehead atoms. The maximum absolute atomic E-state index is 2.45. The average molecular weight is 831 g/mol. The van der Waals surface area contributed by atoms with Crippen molar-refractivity contribution >= 4 is 57.5 Å². The summed E-state index contributed by atoms with van der Waals surface area (Å²) in [7, 11) is 0. The second-order valence-corrected chi connectivity index (χ2v) is 17.6. The molecule has 63 heavy (non-hydrogen) atoms. The molecule has 0 spiro atoms. The van der Waals surface area contributed by atoms with Gasteiger partial charge in [-0.25, -0.2) is 0 Å². The number of anilines is 6. The van der Waals surface area contributed by atoms with Crippen LogP contribution in [0.1, 0.15) is 47.1 Å². The molecule has 2 aliphatic carbocycles. The minimum absolute atomic E-state index is 1.02. The minimum atomic E-state index is 1.02. The van der Waals surface area contributed by atoms with Crippen LogP contribution in [0.3, 0.4) is 0 Å². The number of fused-ring (bicyclic) bond motifs is 1. The number of nitrogens with zero attached hydrogens (tertiary/aromatic N) is 2. The van der Waals surface area contributed by atoms with Gasteiger partial charge in [-0.1, -0.05) is 151 Å². The van der Waals surface area contributed by atoms with E-state index in [4.69, 9.17) is 0 Å². The van der Waals surface area contributed by atoms with Gasteiger partial charge in [-0.05, 0) is 174 Å². The van der Waals surface area contributed by atoms with Crippen LogP contribution < -0.4 is 9.80 Å². The Morgan fingerprint density at radius 1 is 0.397 bits per heavy atom. The fraction of sp³-hybridized carbons (Fsp3) is 0.100. The predicted octanol–water partition coefficient (Wildman–Crippen LogP) is 17.4. The van der Waals surface area contributed by atoms with Crippen molar-refractivity contribution in [3.05, 3.63) is 240 Å². The van der Waals surface area contributed by atoms with Gasteiger partial charge in [0.05, 0.1) is 0 Å². The largest absolute Gasteiger partial charge is 0.311 e. The molecule has 0 unspecified atom stereocenters. The third-order valence-corrected chi connectivity index (χ3v) is 13.6. The van der Waals surface area contributed by atoms with Crippen LogP contribution in [0.25, 0.3) is 33.9 Å². The molecule has 0 aliphatic heterocycles. The molecule has 0 saturated carbocycles. The zero-order valence-electron chi connectivity index (χ0n) is 35.9. The number of aryl methyl sites for hydroxylation is 2. The normalized spacial score (nSPS) is 13.0. The molecule has 0 atom stereocenters. The third kappa shape index (κ3) is 8.58. The molecule has 2 nitrogen and oxygen atoms in total. The number of hydrogen-bond donors (Lipinski definition) is 0. The summed E-state index contributed by atoms with van der Waals surface area (Å²) in [4.78, 5) is 7.38. The molecule has 0 aromatic heterocycles. The molecular formula is C60H50N2S. The predicted molar refractivity (Wildman–Crippen MR) is 270 cm³/mol. The zero-order chi connectivity index (χ0) is 42.5. The van der Waals surface area contributed by atoms with E-state index in [2.05, 4.69) is 242 Å². The van der Waals surface area contributed by atoms with Crippen molar-refractivity contribution in [2.24, 2.45) is 0 Å². The van der Waals surface area contributed by atoms with Crippen molar-refractivity contribution in [2.75, 3.05) is 9.80 Å². The Labute approximate surface area is 377 Å². The Balaban J connectivity index is 0.970. The molecule has 2 aliphatic rings. The second kappa shape index (κ2) is 18.1. The van der Waals surface area contributed by atoms with Gasteiger partial charge in [-0.3, -0.25) is 0 Å². The highest BCUT2D eigenvalue weighted by Gasteiger charge is 2.20. The Bertz CT molecular complexity index is 2960. The summed E-state index contributed by atoms with van der Waals surface area (Å²) in [6.45, 7) is 4.42. The SMILES string of the molecule is Cc1ccccc1Sc1ccc(N(c2ccc(-c3ccc(N(c4ccc(C5=CCCC=C5)cc4)c4ccc(-c5ccccc5)cc4)cc3)cc2)c2cccc3c2CCC=C3)cc1C. The van der Waals surface area contributed by atoms with Gasteiger partial charge in [0.1, 0.15) is 0 Å². The lowest BCUT2D eigenvalue weighted by Gasteiger charge is -2.30. The Hall–Kier alpha value is -7.07. The first-order valence-corrected chi connectivity index (χ1v) is 22.9. The molecule has 8 aromatic rings. The first-order chi connectivity index (χ1) is 31.1. The molecule has 306 valence electrons. The number of allylic oxidation sites excluding steroid dienone is 5. The first kappa shape index (κ1) is 40.0. The highest BCUT2D eigenvalue weighted by molar-refractivity contribution is 7.99. The van der Waals surface area contributed by atoms with Gasteiger partial charge in [0.25, 0.3) is 0 Å². The molecule has 10 rings (SSSR count). The van der Waals surface area contributed by atoms with E-state index in [9.17, 15) is 0 Å². The fourth-order valence-corrected chi connectivity index (χ4v) is 9.86. The summed E-state index contributed by atoms with van der Waals surface area (Å²) in [6, 6.07) is 69.0.